The average molecular weight is 220 g/mol. The monoisotopic (exact) mass is 220 g/mol. The summed E-state index contributed by atoms with van der Waals surface area (Å²) in [6.07, 6.45) is 5.98. The van der Waals surface area contributed by atoms with Crippen LogP contribution in [0, 0.1) is 17.2 Å². The van der Waals surface area contributed by atoms with Crippen LogP contribution in [0.1, 0.15) is 45.4 Å². The van der Waals surface area contributed by atoms with E-state index in [0.717, 1.165) is 45.1 Å². The number of hydrogen-bond donors (Lipinski definition) is 0. The summed E-state index contributed by atoms with van der Waals surface area (Å²) in [5.74, 6) is 0.662. The molecule has 1 saturated heterocycles. The van der Waals surface area contributed by atoms with E-state index in [2.05, 4.69) is 17.9 Å². The second-order valence-corrected chi connectivity index (χ2v) is 4.97. The highest BCUT2D eigenvalue weighted by atomic mass is 16.1. The quantitative estimate of drug-likeness (QED) is 0.731. The molecule has 0 aromatic carbocycles. The molecule has 1 heterocycles. The number of carbonyl (C=O) groups is 1. The maximum Gasteiger partial charge on any atom is 0.137 e. The van der Waals surface area contributed by atoms with Gasteiger partial charge in [0.2, 0.25) is 0 Å². The van der Waals surface area contributed by atoms with Gasteiger partial charge in [0.05, 0.1) is 12.1 Å². The number of likely N-dealkylation sites (tertiary alicyclic amines) is 1. The van der Waals surface area contributed by atoms with E-state index in [1.54, 1.807) is 0 Å². The molecule has 1 aliphatic heterocycles. The number of Topliss-reactive ketones (excluding diaryl/α,β-unsaturated/α-hetero) is 1. The van der Waals surface area contributed by atoms with Gasteiger partial charge in [-0.2, -0.15) is 5.26 Å². The molecule has 0 aromatic heterocycles. The van der Waals surface area contributed by atoms with Crippen LogP contribution < -0.4 is 0 Å². The normalized spacial score (nSPS) is 32.9. The van der Waals surface area contributed by atoms with Gasteiger partial charge < -0.3 is 0 Å². The lowest BCUT2D eigenvalue weighted by Crippen LogP contribution is -2.43. The standard InChI is InChI=1S/C13H20N2O/c1-2-10(9-14)15-8-4-6-12(15)11-5-3-7-13(11)16/h10-12H,2-8H2,1H3. The van der Waals surface area contributed by atoms with Crippen LogP contribution in [0.4, 0.5) is 0 Å². The molecule has 0 amide bonds. The second-order valence-electron chi connectivity index (χ2n) is 4.97. The number of nitrogens with zero attached hydrogens (tertiary/aromatic N) is 2. The molecule has 88 valence electrons. The molecule has 2 rings (SSSR count). The maximum atomic E-state index is 11.8. The Kier molecular flexibility index (Phi) is 3.60. The molecular weight excluding hydrogens is 200 g/mol. The van der Waals surface area contributed by atoms with Crippen LogP contribution in [0.3, 0.4) is 0 Å². The molecule has 1 aliphatic carbocycles. The molecule has 2 aliphatic rings. The van der Waals surface area contributed by atoms with Gasteiger partial charge >= 0.3 is 0 Å². The summed E-state index contributed by atoms with van der Waals surface area (Å²) in [7, 11) is 0. The molecule has 0 radical (unpaired) electrons. The van der Waals surface area contributed by atoms with E-state index in [-0.39, 0.29) is 12.0 Å². The topological polar surface area (TPSA) is 44.1 Å². The number of rotatable bonds is 3. The number of carbonyl (C=O) groups excluding carboxylic acids is 1. The lowest BCUT2D eigenvalue weighted by atomic mass is 9.94. The van der Waals surface area contributed by atoms with Crippen molar-refractivity contribution in [2.24, 2.45) is 5.92 Å². The lowest BCUT2D eigenvalue weighted by Gasteiger charge is -2.31. The smallest absolute Gasteiger partial charge is 0.137 e. The summed E-state index contributed by atoms with van der Waals surface area (Å²) in [6.45, 7) is 3.06. The van der Waals surface area contributed by atoms with Gasteiger partial charge in [-0.15, -0.1) is 0 Å². The molecule has 1 saturated carbocycles. The molecule has 3 atom stereocenters. The van der Waals surface area contributed by atoms with E-state index in [1.165, 1.54) is 0 Å². The molecule has 16 heavy (non-hydrogen) atoms. The van der Waals surface area contributed by atoms with Gasteiger partial charge in [0.25, 0.3) is 0 Å². The van der Waals surface area contributed by atoms with E-state index < -0.39 is 0 Å². The van der Waals surface area contributed by atoms with Crippen molar-refractivity contribution in [3.63, 3.8) is 0 Å². The van der Waals surface area contributed by atoms with Crippen molar-refractivity contribution in [3.8, 4) is 6.07 Å². The molecular formula is C13H20N2O. The van der Waals surface area contributed by atoms with Gasteiger partial charge in [-0.05, 0) is 38.6 Å². The summed E-state index contributed by atoms with van der Waals surface area (Å²) in [6, 6.07) is 2.75. The Labute approximate surface area is 97.4 Å². The number of nitriles is 1. The minimum Gasteiger partial charge on any atom is -0.299 e. The van der Waals surface area contributed by atoms with Gasteiger partial charge in [-0.3, -0.25) is 9.69 Å². The van der Waals surface area contributed by atoms with Gasteiger partial charge in [0.15, 0.2) is 0 Å². The first kappa shape index (κ1) is 11.6. The SMILES string of the molecule is CCC(C#N)N1CCCC1C1CCCC1=O. The van der Waals surface area contributed by atoms with Crippen molar-refractivity contribution in [2.45, 2.75) is 57.5 Å². The fourth-order valence-corrected chi connectivity index (χ4v) is 3.28. The predicted molar refractivity (Wildman–Crippen MR) is 61.8 cm³/mol. The summed E-state index contributed by atoms with van der Waals surface area (Å²) in [5, 5.41) is 9.14. The van der Waals surface area contributed by atoms with Gasteiger partial charge in [-0.25, -0.2) is 0 Å². The van der Waals surface area contributed by atoms with E-state index in [0.29, 0.717) is 11.8 Å². The first-order chi connectivity index (χ1) is 7.77. The summed E-state index contributed by atoms with van der Waals surface area (Å²) in [4.78, 5) is 14.1. The Morgan fingerprint density at radius 1 is 1.50 bits per heavy atom. The number of hydrogen-bond acceptors (Lipinski definition) is 3. The van der Waals surface area contributed by atoms with Crippen LogP contribution >= 0.6 is 0 Å². The molecule has 3 nitrogen and oxygen atoms in total. The Balaban J connectivity index is 2.08. The van der Waals surface area contributed by atoms with Crippen LogP contribution in [0.25, 0.3) is 0 Å². The highest BCUT2D eigenvalue weighted by molar-refractivity contribution is 5.83. The van der Waals surface area contributed by atoms with E-state index in [9.17, 15) is 4.79 Å². The summed E-state index contributed by atoms with van der Waals surface area (Å²) in [5.41, 5.74) is 0. The molecule has 3 unspecified atom stereocenters. The second kappa shape index (κ2) is 4.97. The van der Waals surface area contributed by atoms with Crippen molar-refractivity contribution in [1.29, 1.82) is 5.26 Å². The van der Waals surface area contributed by atoms with Gasteiger partial charge in [-0.1, -0.05) is 6.92 Å². The lowest BCUT2D eigenvalue weighted by molar-refractivity contribution is -0.122. The van der Waals surface area contributed by atoms with Crippen LogP contribution in [0.5, 0.6) is 0 Å². The van der Waals surface area contributed by atoms with Crippen LogP contribution in [0.15, 0.2) is 0 Å². The van der Waals surface area contributed by atoms with E-state index in [1.807, 2.05) is 0 Å². The van der Waals surface area contributed by atoms with Crippen LogP contribution in [-0.4, -0.2) is 29.3 Å². The van der Waals surface area contributed by atoms with Crippen molar-refractivity contribution in [2.75, 3.05) is 6.54 Å². The Morgan fingerprint density at radius 2 is 2.31 bits per heavy atom. The fraction of sp³-hybridized carbons (Fsp3) is 0.846. The van der Waals surface area contributed by atoms with Crippen molar-refractivity contribution >= 4 is 5.78 Å². The molecule has 0 N–H and O–H groups in total. The first-order valence-corrected chi connectivity index (χ1v) is 6.46. The van der Waals surface area contributed by atoms with Gasteiger partial charge in [0, 0.05) is 18.4 Å². The zero-order valence-corrected chi connectivity index (χ0v) is 9.98. The van der Waals surface area contributed by atoms with Crippen LogP contribution in [-0.2, 0) is 4.79 Å². The number of ketones is 1. The largest absolute Gasteiger partial charge is 0.299 e. The zero-order chi connectivity index (χ0) is 11.5. The Hall–Kier alpha value is -0.880. The first-order valence-electron chi connectivity index (χ1n) is 6.46. The summed E-state index contributed by atoms with van der Waals surface area (Å²) >= 11 is 0. The highest BCUT2D eigenvalue weighted by Gasteiger charge is 2.40. The third kappa shape index (κ3) is 1.99. The minimum atomic E-state index is 0.0147. The highest BCUT2D eigenvalue weighted by Crippen LogP contribution is 2.34. The Morgan fingerprint density at radius 3 is 2.88 bits per heavy atom. The summed E-state index contributed by atoms with van der Waals surface area (Å²) < 4.78 is 0. The predicted octanol–water partition coefficient (Wildman–Crippen LogP) is 2.12. The zero-order valence-electron chi connectivity index (χ0n) is 9.98. The Bertz CT molecular complexity index is 308. The van der Waals surface area contributed by atoms with Crippen molar-refractivity contribution in [1.82, 2.24) is 4.90 Å². The van der Waals surface area contributed by atoms with Crippen molar-refractivity contribution in [3.05, 3.63) is 0 Å². The molecule has 0 bridgehead atoms. The maximum absolute atomic E-state index is 11.8. The van der Waals surface area contributed by atoms with E-state index in [4.69, 9.17) is 5.26 Å². The third-order valence-electron chi connectivity index (χ3n) is 4.09. The average Bonchev–Trinajstić information content (AvgIpc) is 2.88. The van der Waals surface area contributed by atoms with Gasteiger partial charge in [0.1, 0.15) is 5.78 Å². The van der Waals surface area contributed by atoms with Crippen molar-refractivity contribution < 1.29 is 4.79 Å². The molecule has 0 spiro atoms. The fourth-order valence-electron chi connectivity index (χ4n) is 3.28. The third-order valence-corrected chi connectivity index (χ3v) is 4.09. The molecule has 2 fully saturated rings. The minimum absolute atomic E-state index is 0.0147. The molecule has 3 heteroatoms. The van der Waals surface area contributed by atoms with E-state index >= 15 is 0 Å². The van der Waals surface area contributed by atoms with Crippen LogP contribution in [0.2, 0.25) is 0 Å². The molecule has 0 aromatic rings.